The van der Waals surface area contributed by atoms with E-state index in [1.165, 1.54) is 38.6 Å². The van der Waals surface area contributed by atoms with Crippen LogP contribution in [0.4, 0.5) is 0 Å². The molecule has 1 saturated carbocycles. The molecule has 0 aromatic heterocycles. The van der Waals surface area contributed by atoms with E-state index in [1.54, 1.807) is 0 Å². The minimum absolute atomic E-state index is 0.552. The largest absolute Gasteiger partial charge is 0.311 e. The van der Waals surface area contributed by atoms with Crippen molar-refractivity contribution in [2.45, 2.75) is 77.9 Å². The fourth-order valence-electron chi connectivity index (χ4n) is 3.92. The summed E-state index contributed by atoms with van der Waals surface area (Å²) in [7, 11) is 2.26. The van der Waals surface area contributed by atoms with Gasteiger partial charge in [0.2, 0.25) is 0 Å². The summed E-state index contributed by atoms with van der Waals surface area (Å²) in [5.41, 5.74) is 0.552. The van der Waals surface area contributed by atoms with Gasteiger partial charge < -0.3 is 10.2 Å². The number of rotatable bonds is 2. The number of piperidine rings is 1. The van der Waals surface area contributed by atoms with Crippen LogP contribution in [-0.2, 0) is 0 Å². The number of hydrogen-bond donors (Lipinski definition) is 1. The molecule has 0 spiro atoms. The fraction of sp³-hybridized carbons (Fsp3) is 1.00. The molecule has 2 rings (SSSR count). The van der Waals surface area contributed by atoms with Crippen molar-refractivity contribution in [3.05, 3.63) is 0 Å². The maximum absolute atomic E-state index is 3.99. The molecule has 2 nitrogen and oxygen atoms in total. The highest BCUT2D eigenvalue weighted by Crippen LogP contribution is 2.36. The third kappa shape index (κ3) is 3.48. The number of likely N-dealkylation sites (tertiary alicyclic amines) is 1. The van der Waals surface area contributed by atoms with E-state index in [0.29, 0.717) is 5.41 Å². The van der Waals surface area contributed by atoms with Crippen LogP contribution in [0.15, 0.2) is 0 Å². The summed E-state index contributed by atoms with van der Waals surface area (Å²) >= 11 is 0. The molecule has 2 aliphatic rings. The predicted octanol–water partition coefficient (Wildman–Crippen LogP) is 3.27. The molecule has 0 aromatic carbocycles. The molecule has 1 saturated heterocycles. The maximum Gasteiger partial charge on any atom is 0.0122 e. The predicted molar refractivity (Wildman–Crippen MR) is 78.8 cm³/mol. The molecule has 1 aliphatic heterocycles. The van der Waals surface area contributed by atoms with Gasteiger partial charge in [0.25, 0.3) is 0 Å². The third-order valence-corrected chi connectivity index (χ3v) is 5.27. The van der Waals surface area contributed by atoms with Crippen LogP contribution >= 0.6 is 0 Å². The summed E-state index contributed by atoms with van der Waals surface area (Å²) in [6, 6.07) is 2.22. The molecule has 18 heavy (non-hydrogen) atoms. The Hall–Kier alpha value is -0.0800. The van der Waals surface area contributed by atoms with Crippen LogP contribution in [0.25, 0.3) is 0 Å². The van der Waals surface area contributed by atoms with Crippen molar-refractivity contribution in [1.29, 1.82) is 0 Å². The second-order valence-corrected chi connectivity index (χ2v) is 7.73. The average Bonchev–Trinajstić information content (AvgIpc) is 2.24. The molecule has 0 amide bonds. The summed E-state index contributed by atoms with van der Waals surface area (Å²) in [6.07, 6.45) is 6.87. The zero-order valence-electron chi connectivity index (χ0n) is 13.0. The maximum atomic E-state index is 3.99. The van der Waals surface area contributed by atoms with E-state index in [4.69, 9.17) is 0 Å². The Balaban J connectivity index is 1.88. The number of nitrogens with one attached hydrogen (secondary N) is 1. The first-order chi connectivity index (χ1) is 8.37. The molecule has 0 bridgehead atoms. The smallest absolute Gasteiger partial charge is 0.0122 e. The zero-order chi connectivity index (χ0) is 13.3. The van der Waals surface area contributed by atoms with Crippen molar-refractivity contribution in [3.8, 4) is 0 Å². The second kappa shape index (κ2) is 5.50. The van der Waals surface area contributed by atoms with Gasteiger partial charge in [0.05, 0.1) is 0 Å². The van der Waals surface area contributed by atoms with Crippen molar-refractivity contribution >= 4 is 0 Å². The molecule has 1 heterocycles. The highest BCUT2D eigenvalue weighted by molar-refractivity contribution is 4.91. The molecular formula is C16H32N2. The molecule has 0 aromatic rings. The van der Waals surface area contributed by atoms with Gasteiger partial charge in [-0.3, -0.25) is 0 Å². The van der Waals surface area contributed by atoms with Gasteiger partial charge in [0.1, 0.15) is 0 Å². The van der Waals surface area contributed by atoms with Gasteiger partial charge in [-0.15, -0.1) is 0 Å². The van der Waals surface area contributed by atoms with E-state index < -0.39 is 0 Å². The number of hydrogen-bond acceptors (Lipinski definition) is 2. The third-order valence-electron chi connectivity index (χ3n) is 5.27. The molecular weight excluding hydrogens is 220 g/mol. The van der Waals surface area contributed by atoms with Gasteiger partial charge >= 0.3 is 0 Å². The van der Waals surface area contributed by atoms with Crippen LogP contribution in [0.5, 0.6) is 0 Å². The summed E-state index contributed by atoms with van der Waals surface area (Å²) in [6.45, 7) is 10.9. The van der Waals surface area contributed by atoms with Crippen molar-refractivity contribution < 1.29 is 0 Å². The lowest BCUT2D eigenvalue weighted by Crippen LogP contribution is -2.54. The molecule has 4 unspecified atom stereocenters. The number of nitrogens with zero attached hydrogens (tertiary/aromatic N) is 1. The fourth-order valence-corrected chi connectivity index (χ4v) is 3.92. The van der Waals surface area contributed by atoms with Crippen molar-refractivity contribution in [2.75, 3.05) is 13.6 Å². The van der Waals surface area contributed by atoms with Gasteiger partial charge in [-0.1, -0.05) is 27.2 Å². The Kier molecular flexibility index (Phi) is 4.38. The minimum atomic E-state index is 0.552. The van der Waals surface area contributed by atoms with Crippen LogP contribution in [0.3, 0.4) is 0 Å². The van der Waals surface area contributed by atoms with Crippen LogP contribution in [-0.4, -0.2) is 36.6 Å². The molecule has 4 atom stereocenters. The first-order valence-corrected chi connectivity index (χ1v) is 7.84. The molecule has 2 fully saturated rings. The van der Waals surface area contributed by atoms with Crippen molar-refractivity contribution in [2.24, 2.45) is 11.3 Å². The molecule has 2 heteroatoms. The summed E-state index contributed by atoms with van der Waals surface area (Å²) in [5.74, 6) is 0.788. The van der Waals surface area contributed by atoms with E-state index in [1.807, 2.05) is 0 Å². The van der Waals surface area contributed by atoms with Gasteiger partial charge in [0, 0.05) is 24.7 Å². The second-order valence-electron chi connectivity index (χ2n) is 7.73. The van der Waals surface area contributed by atoms with E-state index in [2.05, 4.69) is 45.0 Å². The van der Waals surface area contributed by atoms with Crippen molar-refractivity contribution in [3.63, 3.8) is 0 Å². The van der Waals surface area contributed by atoms with Gasteiger partial charge in [-0.05, 0) is 51.0 Å². The highest BCUT2D eigenvalue weighted by Gasteiger charge is 2.33. The Bertz CT molecular complexity index is 274. The lowest BCUT2D eigenvalue weighted by atomic mass is 9.74. The Morgan fingerprint density at radius 3 is 2.61 bits per heavy atom. The first-order valence-electron chi connectivity index (χ1n) is 7.84. The summed E-state index contributed by atoms with van der Waals surface area (Å²) in [5, 5.41) is 3.99. The highest BCUT2D eigenvalue weighted by atomic mass is 15.2. The van der Waals surface area contributed by atoms with Crippen LogP contribution in [0, 0.1) is 11.3 Å². The summed E-state index contributed by atoms with van der Waals surface area (Å²) < 4.78 is 0. The lowest BCUT2D eigenvalue weighted by Gasteiger charge is -2.44. The van der Waals surface area contributed by atoms with Crippen molar-refractivity contribution in [1.82, 2.24) is 10.2 Å². The molecule has 0 radical (unpaired) electrons. The Morgan fingerprint density at radius 1 is 1.22 bits per heavy atom. The SMILES string of the molecule is CC1CN(C)C(C)CC1NC1CCCC(C)(C)C1. The van der Waals surface area contributed by atoms with Gasteiger partial charge in [-0.2, -0.15) is 0 Å². The van der Waals surface area contributed by atoms with Gasteiger partial charge in [0.15, 0.2) is 0 Å². The summed E-state index contributed by atoms with van der Waals surface area (Å²) in [4.78, 5) is 2.51. The van der Waals surface area contributed by atoms with E-state index in [9.17, 15) is 0 Å². The Labute approximate surface area is 114 Å². The molecule has 1 aliphatic carbocycles. The lowest BCUT2D eigenvalue weighted by molar-refractivity contribution is 0.0999. The minimum Gasteiger partial charge on any atom is -0.311 e. The zero-order valence-corrected chi connectivity index (χ0v) is 13.0. The molecule has 106 valence electrons. The van der Waals surface area contributed by atoms with E-state index in [-0.39, 0.29) is 0 Å². The molecule has 1 N–H and O–H groups in total. The Morgan fingerprint density at radius 2 is 1.94 bits per heavy atom. The van der Waals surface area contributed by atoms with Crippen LogP contribution in [0.2, 0.25) is 0 Å². The topological polar surface area (TPSA) is 15.3 Å². The standard InChI is InChI=1S/C16H32N2/c1-12-11-18(5)13(2)9-15(12)17-14-7-6-8-16(3,4)10-14/h12-15,17H,6-11H2,1-5H3. The van der Waals surface area contributed by atoms with E-state index in [0.717, 1.165) is 24.0 Å². The van der Waals surface area contributed by atoms with Crippen LogP contribution < -0.4 is 5.32 Å². The quantitative estimate of drug-likeness (QED) is 0.811. The van der Waals surface area contributed by atoms with Gasteiger partial charge in [-0.25, -0.2) is 0 Å². The van der Waals surface area contributed by atoms with Crippen LogP contribution in [0.1, 0.15) is 59.8 Å². The monoisotopic (exact) mass is 252 g/mol. The average molecular weight is 252 g/mol. The normalized spacial score (nSPS) is 41.8. The first kappa shape index (κ1) is 14.3. The van der Waals surface area contributed by atoms with E-state index >= 15 is 0 Å².